The van der Waals surface area contributed by atoms with E-state index in [9.17, 15) is 14.4 Å². The average Bonchev–Trinajstić information content (AvgIpc) is 3.24. The number of rotatable bonds is 6. The van der Waals surface area contributed by atoms with Gasteiger partial charge in [0.25, 0.3) is 5.91 Å². The Labute approximate surface area is 180 Å². The fourth-order valence-electron chi connectivity index (χ4n) is 4.22. The van der Waals surface area contributed by atoms with E-state index in [2.05, 4.69) is 34.1 Å². The Morgan fingerprint density at radius 1 is 1.03 bits per heavy atom. The lowest BCUT2D eigenvalue weighted by Gasteiger charge is -2.21. The molecule has 2 aliphatic rings. The highest BCUT2D eigenvalue weighted by atomic mass is 16.5. The maximum Gasteiger partial charge on any atom is 0.322 e. The molecule has 0 radical (unpaired) electrons. The van der Waals surface area contributed by atoms with Crippen LogP contribution in [-0.2, 0) is 22.4 Å². The molecular formula is C23H25N3O5. The van der Waals surface area contributed by atoms with Crippen LogP contribution in [0.2, 0.25) is 0 Å². The van der Waals surface area contributed by atoms with Gasteiger partial charge >= 0.3 is 6.03 Å². The van der Waals surface area contributed by atoms with Crippen molar-refractivity contribution in [1.29, 1.82) is 0 Å². The summed E-state index contributed by atoms with van der Waals surface area (Å²) in [5.41, 5.74) is 3.23. The summed E-state index contributed by atoms with van der Waals surface area (Å²) in [5.74, 6) is 0.595. The first kappa shape index (κ1) is 20.7. The summed E-state index contributed by atoms with van der Waals surface area (Å²) in [4.78, 5) is 35.8. The Bertz CT molecular complexity index is 1070. The molecule has 2 atom stereocenters. The van der Waals surface area contributed by atoms with Crippen molar-refractivity contribution in [3.63, 3.8) is 0 Å². The number of imide groups is 1. The molecule has 4 rings (SSSR count). The predicted octanol–water partition coefficient (Wildman–Crippen LogP) is 1.94. The summed E-state index contributed by atoms with van der Waals surface area (Å²) in [7, 11) is 3.22. The number of carbonyl (C=O) groups is 3. The Hall–Kier alpha value is -3.55. The Balaban J connectivity index is 1.43. The Morgan fingerprint density at radius 2 is 1.71 bits per heavy atom. The van der Waals surface area contributed by atoms with Crippen LogP contribution in [0, 0.1) is 0 Å². The molecule has 31 heavy (non-hydrogen) atoms. The van der Waals surface area contributed by atoms with Gasteiger partial charge in [-0.1, -0.05) is 24.3 Å². The minimum atomic E-state index is -1.22. The molecule has 0 spiro atoms. The Morgan fingerprint density at radius 3 is 2.39 bits per heavy atom. The molecule has 2 aromatic rings. The van der Waals surface area contributed by atoms with Crippen molar-refractivity contribution in [3.05, 3.63) is 47.5 Å². The van der Waals surface area contributed by atoms with E-state index in [-0.39, 0.29) is 18.4 Å². The molecule has 1 fully saturated rings. The van der Waals surface area contributed by atoms with Gasteiger partial charge in [0, 0.05) is 6.04 Å². The molecule has 8 heteroatoms. The van der Waals surface area contributed by atoms with Crippen molar-refractivity contribution in [2.24, 2.45) is 0 Å². The molecule has 2 unspecified atom stereocenters. The number of amides is 4. The molecule has 2 aromatic carbocycles. The number of methoxy groups -OCH3 is 2. The molecule has 0 aromatic heterocycles. The largest absolute Gasteiger partial charge is 0.493 e. The van der Waals surface area contributed by atoms with E-state index >= 15 is 0 Å². The lowest BCUT2D eigenvalue weighted by atomic mass is 9.97. The van der Waals surface area contributed by atoms with Crippen LogP contribution in [0.5, 0.6) is 11.5 Å². The van der Waals surface area contributed by atoms with E-state index in [1.807, 2.05) is 18.2 Å². The third-order valence-corrected chi connectivity index (χ3v) is 5.85. The quantitative estimate of drug-likeness (QED) is 0.616. The lowest BCUT2D eigenvalue weighted by molar-refractivity contribution is -0.129. The first-order valence-corrected chi connectivity index (χ1v) is 10.1. The van der Waals surface area contributed by atoms with Gasteiger partial charge in [-0.3, -0.25) is 14.9 Å². The second-order valence-corrected chi connectivity index (χ2v) is 8.14. The molecule has 4 amide bonds. The van der Waals surface area contributed by atoms with Crippen molar-refractivity contribution in [2.75, 3.05) is 14.2 Å². The second kappa shape index (κ2) is 7.94. The third-order valence-electron chi connectivity index (χ3n) is 5.85. The van der Waals surface area contributed by atoms with Crippen LogP contribution in [0.25, 0.3) is 11.1 Å². The molecule has 162 valence electrons. The standard InChI is InChI=1S/C23H25N3O5/c1-23(21(28)25-22(29)26-23)12-20(27)24-17-9-14-5-4-13(8-16(14)10-17)15-6-7-18(30-2)19(11-15)31-3/h4-8,11,17H,9-10,12H2,1-3H3,(H,24,27)(H2,25,26,28,29). The monoisotopic (exact) mass is 423 g/mol. The second-order valence-electron chi connectivity index (χ2n) is 8.14. The minimum Gasteiger partial charge on any atom is -0.493 e. The number of hydrogen-bond donors (Lipinski definition) is 3. The first-order valence-electron chi connectivity index (χ1n) is 10.1. The SMILES string of the molecule is COc1ccc(-c2ccc3c(c2)CC(NC(=O)CC2(C)NC(=O)NC2=O)C3)cc1OC. The maximum absolute atomic E-state index is 12.5. The van der Waals surface area contributed by atoms with Crippen LogP contribution in [-0.4, -0.2) is 43.6 Å². The predicted molar refractivity (Wildman–Crippen MR) is 114 cm³/mol. The van der Waals surface area contributed by atoms with E-state index in [1.54, 1.807) is 21.1 Å². The van der Waals surface area contributed by atoms with E-state index in [0.29, 0.717) is 17.9 Å². The van der Waals surface area contributed by atoms with E-state index < -0.39 is 17.5 Å². The molecule has 0 saturated carbocycles. The van der Waals surface area contributed by atoms with Crippen molar-refractivity contribution in [1.82, 2.24) is 16.0 Å². The first-order chi connectivity index (χ1) is 14.8. The van der Waals surface area contributed by atoms with Crippen LogP contribution in [0.4, 0.5) is 4.79 Å². The van der Waals surface area contributed by atoms with Crippen LogP contribution in [0.15, 0.2) is 36.4 Å². The zero-order valence-corrected chi connectivity index (χ0v) is 17.7. The van der Waals surface area contributed by atoms with Gasteiger partial charge in [-0.15, -0.1) is 0 Å². The fourth-order valence-corrected chi connectivity index (χ4v) is 4.22. The fraction of sp³-hybridized carbons (Fsp3) is 0.348. The highest BCUT2D eigenvalue weighted by Gasteiger charge is 2.43. The number of nitrogens with one attached hydrogen (secondary N) is 3. The van der Waals surface area contributed by atoms with Gasteiger partial charge < -0.3 is 20.1 Å². The van der Waals surface area contributed by atoms with E-state index in [4.69, 9.17) is 9.47 Å². The summed E-state index contributed by atoms with van der Waals surface area (Å²) in [5, 5.41) is 7.69. The van der Waals surface area contributed by atoms with Gasteiger partial charge in [0.15, 0.2) is 11.5 Å². The van der Waals surface area contributed by atoms with Gasteiger partial charge in [0.2, 0.25) is 5.91 Å². The van der Waals surface area contributed by atoms with Crippen molar-refractivity contribution in [3.8, 4) is 22.6 Å². The third kappa shape index (κ3) is 4.05. The van der Waals surface area contributed by atoms with Gasteiger partial charge in [-0.25, -0.2) is 4.79 Å². The molecule has 1 aliphatic carbocycles. The van der Waals surface area contributed by atoms with Crippen LogP contribution in [0.3, 0.4) is 0 Å². The van der Waals surface area contributed by atoms with Crippen LogP contribution < -0.4 is 25.4 Å². The van der Waals surface area contributed by atoms with Crippen molar-refractivity contribution < 1.29 is 23.9 Å². The summed E-state index contributed by atoms with van der Waals surface area (Å²) < 4.78 is 10.7. The van der Waals surface area contributed by atoms with Crippen molar-refractivity contribution >= 4 is 17.8 Å². The summed E-state index contributed by atoms with van der Waals surface area (Å²) in [6, 6.07) is 11.5. The zero-order chi connectivity index (χ0) is 22.2. The normalized spacial score (nSPS) is 21.8. The number of benzene rings is 2. The van der Waals surface area contributed by atoms with E-state index in [1.165, 1.54) is 11.1 Å². The number of carbonyl (C=O) groups excluding carboxylic acids is 3. The molecule has 0 bridgehead atoms. The minimum absolute atomic E-state index is 0.0491. The molecule has 1 aliphatic heterocycles. The highest BCUT2D eigenvalue weighted by Crippen LogP contribution is 2.34. The number of urea groups is 1. The van der Waals surface area contributed by atoms with Crippen molar-refractivity contribution in [2.45, 2.75) is 37.8 Å². The molecule has 8 nitrogen and oxygen atoms in total. The maximum atomic E-state index is 12.5. The molecule has 1 saturated heterocycles. The van der Waals surface area contributed by atoms with Gasteiger partial charge in [-0.05, 0) is 54.2 Å². The van der Waals surface area contributed by atoms with Crippen LogP contribution in [0.1, 0.15) is 24.5 Å². The van der Waals surface area contributed by atoms with Gasteiger partial charge in [0.05, 0.1) is 20.6 Å². The lowest BCUT2D eigenvalue weighted by Crippen LogP contribution is -2.49. The molecular weight excluding hydrogens is 398 g/mol. The van der Waals surface area contributed by atoms with Gasteiger partial charge in [-0.2, -0.15) is 0 Å². The average molecular weight is 423 g/mol. The van der Waals surface area contributed by atoms with E-state index in [0.717, 1.165) is 17.5 Å². The zero-order valence-electron chi connectivity index (χ0n) is 17.7. The topological polar surface area (TPSA) is 106 Å². The van der Waals surface area contributed by atoms with Gasteiger partial charge in [0.1, 0.15) is 5.54 Å². The van der Waals surface area contributed by atoms with Crippen LogP contribution >= 0.6 is 0 Å². The summed E-state index contributed by atoms with van der Waals surface area (Å²) >= 11 is 0. The smallest absolute Gasteiger partial charge is 0.322 e. The highest BCUT2D eigenvalue weighted by molar-refractivity contribution is 6.08. The summed E-state index contributed by atoms with van der Waals surface area (Å²) in [6.07, 6.45) is 1.33. The number of ether oxygens (including phenoxy) is 2. The molecule has 1 heterocycles. The molecule has 3 N–H and O–H groups in total. The number of fused-ring (bicyclic) bond motifs is 1. The summed E-state index contributed by atoms with van der Waals surface area (Å²) in [6.45, 7) is 1.55. The number of hydrogen-bond acceptors (Lipinski definition) is 5. The Kier molecular flexibility index (Phi) is 5.31.